The molecule has 0 heterocycles. The lowest BCUT2D eigenvalue weighted by Crippen LogP contribution is -2.12. The predicted octanol–water partition coefficient (Wildman–Crippen LogP) is 3.78. The minimum atomic E-state index is -0.279. The van der Waals surface area contributed by atoms with Crippen LogP contribution in [0.2, 0.25) is 0 Å². The standard InChI is InChI=1S/C14H21BrFNO/c1-10(6-7-17-2)4-5-11-8-12(15)13(16)9-14(11)18-3/h8-10,17H,4-7H2,1-3H3. The highest BCUT2D eigenvalue weighted by atomic mass is 79.9. The molecule has 0 aromatic heterocycles. The van der Waals surface area contributed by atoms with E-state index in [9.17, 15) is 4.39 Å². The van der Waals surface area contributed by atoms with Gasteiger partial charge in [-0.3, -0.25) is 0 Å². The molecule has 1 aromatic rings. The van der Waals surface area contributed by atoms with Crippen LogP contribution in [0.5, 0.6) is 5.75 Å². The van der Waals surface area contributed by atoms with Crippen molar-refractivity contribution in [2.24, 2.45) is 5.92 Å². The van der Waals surface area contributed by atoms with Crippen LogP contribution in [0.3, 0.4) is 0 Å². The molecule has 0 spiro atoms. The molecule has 102 valence electrons. The third kappa shape index (κ3) is 4.58. The average Bonchev–Trinajstić information content (AvgIpc) is 2.37. The van der Waals surface area contributed by atoms with E-state index in [0.29, 0.717) is 16.1 Å². The second-order valence-corrected chi connectivity index (χ2v) is 5.47. The molecule has 1 atom stereocenters. The number of hydrogen-bond donors (Lipinski definition) is 1. The van der Waals surface area contributed by atoms with Gasteiger partial charge in [0, 0.05) is 6.07 Å². The molecule has 18 heavy (non-hydrogen) atoms. The second kappa shape index (κ2) is 7.74. The number of hydrogen-bond acceptors (Lipinski definition) is 2. The summed E-state index contributed by atoms with van der Waals surface area (Å²) in [7, 11) is 3.55. The number of methoxy groups -OCH3 is 1. The molecule has 2 nitrogen and oxygen atoms in total. The SMILES string of the molecule is CNCCC(C)CCc1cc(Br)c(F)cc1OC. The Morgan fingerprint density at radius 1 is 1.39 bits per heavy atom. The summed E-state index contributed by atoms with van der Waals surface area (Å²) >= 11 is 3.22. The fourth-order valence-electron chi connectivity index (χ4n) is 1.89. The van der Waals surface area contributed by atoms with Gasteiger partial charge >= 0.3 is 0 Å². The molecule has 0 fully saturated rings. The minimum absolute atomic E-state index is 0.279. The van der Waals surface area contributed by atoms with Crippen molar-refractivity contribution in [3.63, 3.8) is 0 Å². The van der Waals surface area contributed by atoms with E-state index >= 15 is 0 Å². The average molecular weight is 318 g/mol. The zero-order valence-electron chi connectivity index (χ0n) is 11.2. The second-order valence-electron chi connectivity index (χ2n) is 4.61. The quantitative estimate of drug-likeness (QED) is 0.826. The van der Waals surface area contributed by atoms with E-state index in [1.165, 1.54) is 6.07 Å². The summed E-state index contributed by atoms with van der Waals surface area (Å²) in [5, 5.41) is 3.15. The molecule has 0 aliphatic heterocycles. The summed E-state index contributed by atoms with van der Waals surface area (Å²) in [6.07, 6.45) is 3.14. The summed E-state index contributed by atoms with van der Waals surface area (Å²) < 4.78 is 19.1. The zero-order chi connectivity index (χ0) is 13.5. The molecule has 0 bridgehead atoms. The van der Waals surface area contributed by atoms with Crippen molar-refractivity contribution in [2.45, 2.75) is 26.2 Å². The van der Waals surface area contributed by atoms with Crippen LogP contribution in [0.15, 0.2) is 16.6 Å². The number of benzene rings is 1. The van der Waals surface area contributed by atoms with E-state index in [4.69, 9.17) is 4.74 Å². The molecular formula is C14H21BrFNO. The van der Waals surface area contributed by atoms with Crippen molar-refractivity contribution >= 4 is 15.9 Å². The van der Waals surface area contributed by atoms with Gasteiger partial charge < -0.3 is 10.1 Å². The first kappa shape index (κ1) is 15.4. The Balaban J connectivity index is 2.63. The van der Waals surface area contributed by atoms with Crippen LogP contribution < -0.4 is 10.1 Å². The maximum atomic E-state index is 13.4. The molecule has 0 saturated carbocycles. The highest BCUT2D eigenvalue weighted by Crippen LogP contribution is 2.28. The number of ether oxygens (including phenoxy) is 1. The number of nitrogens with one attached hydrogen (secondary N) is 1. The first-order valence-electron chi connectivity index (χ1n) is 6.25. The first-order chi connectivity index (χ1) is 8.58. The molecule has 1 N–H and O–H groups in total. The summed E-state index contributed by atoms with van der Waals surface area (Å²) in [4.78, 5) is 0. The Labute approximate surface area is 117 Å². The first-order valence-corrected chi connectivity index (χ1v) is 7.04. The van der Waals surface area contributed by atoms with E-state index in [1.54, 1.807) is 7.11 Å². The fraction of sp³-hybridized carbons (Fsp3) is 0.571. The van der Waals surface area contributed by atoms with Crippen LogP contribution in [-0.4, -0.2) is 20.7 Å². The van der Waals surface area contributed by atoms with Gasteiger partial charge in [0.15, 0.2) is 0 Å². The van der Waals surface area contributed by atoms with Crippen LogP contribution in [0.1, 0.15) is 25.3 Å². The lowest BCUT2D eigenvalue weighted by atomic mass is 9.98. The number of aryl methyl sites for hydroxylation is 1. The minimum Gasteiger partial charge on any atom is -0.496 e. The smallest absolute Gasteiger partial charge is 0.141 e. The molecule has 0 aliphatic rings. The van der Waals surface area contributed by atoms with Crippen molar-refractivity contribution in [3.8, 4) is 5.75 Å². The Kier molecular flexibility index (Phi) is 6.65. The fourth-order valence-corrected chi connectivity index (χ4v) is 2.28. The van der Waals surface area contributed by atoms with Gasteiger partial charge in [0.05, 0.1) is 11.6 Å². The van der Waals surface area contributed by atoms with Gasteiger partial charge in [-0.1, -0.05) is 6.92 Å². The third-order valence-corrected chi connectivity index (χ3v) is 3.72. The summed E-state index contributed by atoms with van der Waals surface area (Å²) in [5.41, 5.74) is 1.06. The molecule has 1 aromatic carbocycles. The Morgan fingerprint density at radius 3 is 2.72 bits per heavy atom. The highest BCUT2D eigenvalue weighted by Gasteiger charge is 2.10. The maximum Gasteiger partial charge on any atom is 0.141 e. The maximum absolute atomic E-state index is 13.4. The van der Waals surface area contributed by atoms with Gasteiger partial charge in [-0.15, -0.1) is 0 Å². The Bertz CT molecular complexity index is 384. The van der Waals surface area contributed by atoms with Gasteiger partial charge in [0.25, 0.3) is 0 Å². The molecular weight excluding hydrogens is 297 g/mol. The zero-order valence-corrected chi connectivity index (χ0v) is 12.8. The highest BCUT2D eigenvalue weighted by molar-refractivity contribution is 9.10. The monoisotopic (exact) mass is 317 g/mol. The molecule has 0 amide bonds. The van der Waals surface area contributed by atoms with Gasteiger partial charge in [0.1, 0.15) is 11.6 Å². The normalized spacial score (nSPS) is 12.5. The number of rotatable bonds is 7. The largest absolute Gasteiger partial charge is 0.496 e. The lowest BCUT2D eigenvalue weighted by molar-refractivity contribution is 0.401. The van der Waals surface area contributed by atoms with E-state index in [2.05, 4.69) is 28.2 Å². The van der Waals surface area contributed by atoms with Gasteiger partial charge in [-0.2, -0.15) is 0 Å². The van der Waals surface area contributed by atoms with E-state index in [0.717, 1.165) is 31.4 Å². The molecule has 0 radical (unpaired) electrons. The van der Waals surface area contributed by atoms with Crippen LogP contribution >= 0.6 is 15.9 Å². The van der Waals surface area contributed by atoms with Crippen molar-refractivity contribution in [3.05, 3.63) is 28.0 Å². The van der Waals surface area contributed by atoms with E-state index in [1.807, 2.05) is 13.1 Å². The van der Waals surface area contributed by atoms with Crippen LogP contribution in [0.4, 0.5) is 4.39 Å². The van der Waals surface area contributed by atoms with Crippen molar-refractivity contribution in [1.29, 1.82) is 0 Å². The summed E-state index contributed by atoms with van der Waals surface area (Å²) in [5.74, 6) is 1.00. The summed E-state index contributed by atoms with van der Waals surface area (Å²) in [6.45, 7) is 3.27. The summed E-state index contributed by atoms with van der Waals surface area (Å²) in [6, 6.07) is 3.26. The molecule has 1 rings (SSSR count). The van der Waals surface area contributed by atoms with Gasteiger partial charge in [0.2, 0.25) is 0 Å². The van der Waals surface area contributed by atoms with Crippen LogP contribution in [0, 0.1) is 11.7 Å². The molecule has 0 saturated heterocycles. The topological polar surface area (TPSA) is 21.3 Å². The van der Waals surface area contributed by atoms with E-state index in [-0.39, 0.29) is 5.82 Å². The predicted molar refractivity (Wildman–Crippen MR) is 76.7 cm³/mol. The van der Waals surface area contributed by atoms with E-state index < -0.39 is 0 Å². The molecule has 4 heteroatoms. The van der Waals surface area contributed by atoms with Crippen molar-refractivity contribution in [1.82, 2.24) is 5.32 Å². The van der Waals surface area contributed by atoms with Crippen LogP contribution in [0.25, 0.3) is 0 Å². The Hall–Kier alpha value is -0.610. The van der Waals surface area contributed by atoms with Crippen molar-refractivity contribution < 1.29 is 9.13 Å². The van der Waals surface area contributed by atoms with Crippen LogP contribution in [-0.2, 0) is 6.42 Å². The number of halogens is 2. The van der Waals surface area contributed by atoms with Crippen molar-refractivity contribution in [2.75, 3.05) is 20.7 Å². The molecule has 0 aliphatic carbocycles. The Morgan fingerprint density at radius 2 is 2.11 bits per heavy atom. The third-order valence-electron chi connectivity index (χ3n) is 3.12. The molecule has 1 unspecified atom stereocenters. The lowest BCUT2D eigenvalue weighted by Gasteiger charge is -2.13. The van der Waals surface area contributed by atoms with Gasteiger partial charge in [-0.25, -0.2) is 4.39 Å². The van der Waals surface area contributed by atoms with Gasteiger partial charge in [-0.05, 0) is 66.3 Å².